The van der Waals surface area contributed by atoms with Crippen LogP contribution < -0.4 is 14.2 Å². The van der Waals surface area contributed by atoms with Crippen molar-refractivity contribution in [2.75, 3.05) is 38.6 Å². The van der Waals surface area contributed by atoms with E-state index in [1.807, 2.05) is 11.9 Å². The first kappa shape index (κ1) is 20.7. The number of likely N-dealkylation sites (N-methyl/N-ethyl adjacent to an activating group) is 1. The molecule has 1 saturated heterocycles. The Kier molecular flexibility index (Phi) is 5.48. The first-order valence-electron chi connectivity index (χ1n) is 9.23. The molecule has 160 valence electrons. The number of halogens is 1. The maximum atomic E-state index is 12.9. The van der Waals surface area contributed by atoms with Gasteiger partial charge in [0.1, 0.15) is 17.3 Å². The molecule has 11 heteroatoms. The molecule has 2 aliphatic rings. The Morgan fingerprint density at radius 2 is 2.10 bits per heavy atom. The molecule has 1 amide bonds. The van der Waals surface area contributed by atoms with Crippen molar-refractivity contribution in [1.82, 2.24) is 14.8 Å². The number of nitrogens with zero attached hydrogens (tertiary/aromatic N) is 3. The zero-order chi connectivity index (χ0) is 21.5. The summed E-state index contributed by atoms with van der Waals surface area (Å²) in [6.07, 6.45) is 1.38. The highest BCUT2D eigenvalue weighted by Gasteiger charge is 2.34. The molecule has 3 heterocycles. The molecule has 1 N–H and O–H groups in total. The lowest BCUT2D eigenvalue weighted by Gasteiger charge is -2.37. The van der Waals surface area contributed by atoms with Gasteiger partial charge in [-0.05, 0) is 31.3 Å². The molecule has 0 spiro atoms. The highest BCUT2D eigenvalue weighted by Crippen LogP contribution is 2.31. The highest BCUT2D eigenvalue weighted by molar-refractivity contribution is 7.92. The standard InChI is InChI=1S/C19H21ClN4O5S/c1-23-9-15-11-29-19-12(8-24(15)18(25)10-23)5-14(7-21-19)22-30(26,27)17-6-13(20)3-4-16(17)28-2/h3-7,15,22H,8-11H2,1-2H3/t15-/m0/s1. The summed E-state index contributed by atoms with van der Waals surface area (Å²) in [6.45, 7) is 1.67. The van der Waals surface area contributed by atoms with Crippen molar-refractivity contribution >= 4 is 33.2 Å². The van der Waals surface area contributed by atoms with Gasteiger partial charge in [0.25, 0.3) is 10.0 Å². The second-order valence-corrected chi connectivity index (χ2v) is 9.36. The lowest BCUT2D eigenvalue weighted by molar-refractivity contribution is -0.140. The van der Waals surface area contributed by atoms with Crippen LogP contribution in [0.3, 0.4) is 0 Å². The normalized spacial score (nSPS) is 19.4. The third-order valence-corrected chi connectivity index (χ3v) is 6.67. The van der Waals surface area contributed by atoms with E-state index in [1.54, 1.807) is 17.0 Å². The number of carbonyl (C=O) groups is 1. The van der Waals surface area contributed by atoms with Crippen LogP contribution in [0.2, 0.25) is 5.02 Å². The number of fused-ring (bicyclic) bond motifs is 2. The summed E-state index contributed by atoms with van der Waals surface area (Å²) >= 11 is 5.97. The molecule has 0 radical (unpaired) electrons. The predicted octanol–water partition coefficient (Wildman–Crippen LogP) is 1.58. The molecule has 0 saturated carbocycles. The topological polar surface area (TPSA) is 101 Å². The van der Waals surface area contributed by atoms with Crippen LogP contribution in [0.4, 0.5) is 5.69 Å². The third kappa shape index (κ3) is 4.03. The number of methoxy groups -OCH3 is 1. The Balaban J connectivity index is 1.62. The van der Waals surface area contributed by atoms with Crippen molar-refractivity contribution in [3.8, 4) is 11.6 Å². The van der Waals surface area contributed by atoms with E-state index in [0.29, 0.717) is 37.7 Å². The van der Waals surface area contributed by atoms with Crippen LogP contribution in [0.1, 0.15) is 5.56 Å². The maximum Gasteiger partial charge on any atom is 0.265 e. The van der Waals surface area contributed by atoms with Crippen LogP contribution in [-0.4, -0.2) is 69.0 Å². The summed E-state index contributed by atoms with van der Waals surface area (Å²) in [7, 11) is -0.710. The number of nitrogens with one attached hydrogen (secondary N) is 1. The van der Waals surface area contributed by atoms with Crippen molar-refractivity contribution in [3.05, 3.63) is 41.0 Å². The molecular formula is C19H21ClN4O5S. The van der Waals surface area contributed by atoms with Gasteiger partial charge in [0.05, 0.1) is 38.1 Å². The van der Waals surface area contributed by atoms with E-state index in [1.165, 1.54) is 25.4 Å². The van der Waals surface area contributed by atoms with Crippen molar-refractivity contribution < 1.29 is 22.7 Å². The SMILES string of the molecule is COc1ccc(Cl)cc1S(=O)(=O)Nc1cnc2c(c1)CN1C(=O)CN(C)C[C@H]1CO2. The van der Waals surface area contributed by atoms with Gasteiger partial charge >= 0.3 is 0 Å². The number of piperazine rings is 1. The lowest BCUT2D eigenvalue weighted by atomic mass is 10.1. The Labute approximate surface area is 179 Å². The number of aromatic nitrogens is 1. The molecule has 1 aromatic heterocycles. The monoisotopic (exact) mass is 452 g/mol. The smallest absolute Gasteiger partial charge is 0.265 e. The fourth-order valence-corrected chi connectivity index (χ4v) is 5.10. The van der Waals surface area contributed by atoms with E-state index >= 15 is 0 Å². The first-order valence-corrected chi connectivity index (χ1v) is 11.1. The number of ether oxygens (including phenoxy) is 2. The average Bonchev–Trinajstić information content (AvgIpc) is 2.87. The molecule has 1 fully saturated rings. The van der Waals surface area contributed by atoms with E-state index in [4.69, 9.17) is 21.1 Å². The van der Waals surface area contributed by atoms with Gasteiger partial charge < -0.3 is 14.4 Å². The van der Waals surface area contributed by atoms with E-state index < -0.39 is 10.0 Å². The molecule has 4 rings (SSSR count). The van der Waals surface area contributed by atoms with Gasteiger partial charge in [0, 0.05) is 17.1 Å². The summed E-state index contributed by atoms with van der Waals surface area (Å²) in [4.78, 5) is 20.4. The third-order valence-electron chi connectivity index (χ3n) is 5.03. The van der Waals surface area contributed by atoms with Crippen LogP contribution in [-0.2, 0) is 21.4 Å². The van der Waals surface area contributed by atoms with Gasteiger partial charge in [-0.2, -0.15) is 0 Å². The van der Waals surface area contributed by atoms with Gasteiger partial charge in [0.15, 0.2) is 0 Å². The molecule has 2 aliphatic heterocycles. The Bertz CT molecular complexity index is 1090. The highest BCUT2D eigenvalue weighted by atomic mass is 35.5. The van der Waals surface area contributed by atoms with Gasteiger partial charge in [0.2, 0.25) is 11.8 Å². The molecule has 0 unspecified atom stereocenters. The number of anilines is 1. The van der Waals surface area contributed by atoms with E-state index in [9.17, 15) is 13.2 Å². The zero-order valence-corrected chi connectivity index (χ0v) is 18.0. The molecular weight excluding hydrogens is 432 g/mol. The minimum absolute atomic E-state index is 0.000141. The van der Waals surface area contributed by atoms with E-state index in [2.05, 4.69) is 9.71 Å². The van der Waals surface area contributed by atoms with Crippen molar-refractivity contribution in [1.29, 1.82) is 0 Å². The van der Waals surface area contributed by atoms with Gasteiger partial charge in [-0.1, -0.05) is 11.6 Å². The minimum atomic E-state index is -3.98. The zero-order valence-electron chi connectivity index (χ0n) is 16.5. The van der Waals surface area contributed by atoms with Gasteiger partial charge in [-0.25, -0.2) is 13.4 Å². The minimum Gasteiger partial charge on any atom is -0.495 e. The summed E-state index contributed by atoms with van der Waals surface area (Å²) in [6, 6.07) is 5.89. The number of amides is 1. The largest absolute Gasteiger partial charge is 0.495 e. The summed E-state index contributed by atoms with van der Waals surface area (Å²) in [5.74, 6) is 0.562. The quantitative estimate of drug-likeness (QED) is 0.751. The van der Waals surface area contributed by atoms with E-state index in [-0.39, 0.29) is 33.3 Å². The van der Waals surface area contributed by atoms with Crippen LogP contribution >= 0.6 is 11.6 Å². The molecule has 0 bridgehead atoms. The van der Waals surface area contributed by atoms with Crippen LogP contribution in [0.25, 0.3) is 0 Å². The summed E-state index contributed by atoms with van der Waals surface area (Å²) in [5.41, 5.74) is 0.882. The second kappa shape index (κ2) is 7.93. The number of sulfonamides is 1. The van der Waals surface area contributed by atoms with E-state index in [0.717, 1.165) is 0 Å². The fourth-order valence-electron chi connectivity index (χ4n) is 3.63. The molecule has 1 aromatic carbocycles. The number of hydrogen-bond acceptors (Lipinski definition) is 7. The summed E-state index contributed by atoms with van der Waals surface area (Å²) in [5, 5.41) is 0.268. The van der Waals surface area contributed by atoms with Crippen molar-refractivity contribution in [3.63, 3.8) is 0 Å². The second-order valence-electron chi connectivity index (χ2n) is 7.27. The van der Waals surface area contributed by atoms with Crippen molar-refractivity contribution in [2.24, 2.45) is 0 Å². The van der Waals surface area contributed by atoms with Crippen LogP contribution in [0.15, 0.2) is 35.4 Å². The van der Waals surface area contributed by atoms with Gasteiger partial charge in [-0.3, -0.25) is 14.4 Å². The molecule has 0 aliphatic carbocycles. The maximum absolute atomic E-state index is 12.9. The Morgan fingerprint density at radius 1 is 1.30 bits per heavy atom. The fraction of sp³-hybridized carbons (Fsp3) is 0.368. The predicted molar refractivity (Wildman–Crippen MR) is 110 cm³/mol. The molecule has 30 heavy (non-hydrogen) atoms. The number of carbonyl (C=O) groups excluding carboxylic acids is 1. The molecule has 1 atom stereocenters. The van der Waals surface area contributed by atoms with Crippen LogP contribution in [0, 0.1) is 0 Å². The summed E-state index contributed by atoms with van der Waals surface area (Å²) < 4.78 is 39.3. The van der Waals surface area contributed by atoms with Gasteiger partial charge in [-0.15, -0.1) is 0 Å². The average molecular weight is 453 g/mol. The van der Waals surface area contributed by atoms with Crippen LogP contribution in [0.5, 0.6) is 11.6 Å². The number of hydrogen-bond donors (Lipinski definition) is 1. The first-order chi connectivity index (χ1) is 14.3. The Hall–Kier alpha value is -2.56. The van der Waals surface area contributed by atoms with Crippen molar-refractivity contribution in [2.45, 2.75) is 17.5 Å². The Morgan fingerprint density at radius 3 is 2.87 bits per heavy atom. The number of pyridine rings is 1. The number of benzene rings is 1. The number of rotatable bonds is 4. The lowest BCUT2D eigenvalue weighted by Crippen LogP contribution is -2.56. The molecule has 9 nitrogen and oxygen atoms in total. The molecule has 2 aromatic rings.